The van der Waals surface area contributed by atoms with Crippen molar-refractivity contribution < 1.29 is 4.79 Å². The van der Waals surface area contributed by atoms with E-state index in [1.54, 1.807) is 0 Å². The number of benzene rings is 2. The molecule has 0 bridgehead atoms. The van der Waals surface area contributed by atoms with Gasteiger partial charge in [0, 0.05) is 16.8 Å². The summed E-state index contributed by atoms with van der Waals surface area (Å²) in [6, 6.07) is 14.0. The van der Waals surface area contributed by atoms with E-state index in [1.165, 1.54) is 11.3 Å². The maximum absolute atomic E-state index is 12.8. The minimum absolute atomic E-state index is 0.0166. The number of nitrogens with zero attached hydrogens (tertiary/aromatic N) is 2. The van der Waals surface area contributed by atoms with Gasteiger partial charge in [0.25, 0.3) is 5.91 Å². The monoisotopic (exact) mass is 347 g/mol. The van der Waals surface area contributed by atoms with E-state index in [4.69, 9.17) is 0 Å². The van der Waals surface area contributed by atoms with E-state index in [9.17, 15) is 4.79 Å². The summed E-state index contributed by atoms with van der Waals surface area (Å²) in [5.74, 6) is -0.0166. The molecule has 3 aromatic rings. The van der Waals surface area contributed by atoms with E-state index < -0.39 is 0 Å². The van der Waals surface area contributed by atoms with Crippen LogP contribution in [0.2, 0.25) is 0 Å². The predicted molar refractivity (Wildman–Crippen MR) is 104 cm³/mol. The number of nitrogens with one attached hydrogen (secondary N) is 1. The molecule has 0 spiro atoms. The first-order chi connectivity index (χ1) is 12.4. The summed E-state index contributed by atoms with van der Waals surface area (Å²) in [5, 5.41) is 10.1. The van der Waals surface area contributed by atoms with Gasteiger partial charge in [0.05, 0.1) is 17.8 Å². The highest BCUT2D eigenvalue weighted by Gasteiger charge is 2.29. The topological polar surface area (TPSA) is 46.9 Å². The normalized spacial score (nSPS) is 17.1. The molecule has 1 atom stereocenters. The molecular weight excluding hydrogens is 322 g/mol. The summed E-state index contributed by atoms with van der Waals surface area (Å²) < 4.78 is 2.11. The molecule has 0 unspecified atom stereocenters. The van der Waals surface area contributed by atoms with Crippen LogP contribution >= 0.6 is 0 Å². The van der Waals surface area contributed by atoms with E-state index in [2.05, 4.69) is 41.9 Å². The smallest absolute Gasteiger partial charge is 0.251 e. The number of amides is 1. The van der Waals surface area contributed by atoms with Gasteiger partial charge in [0.1, 0.15) is 0 Å². The van der Waals surface area contributed by atoms with Crippen molar-refractivity contribution in [3.8, 4) is 0 Å². The molecule has 26 heavy (non-hydrogen) atoms. The third-order valence-electron chi connectivity index (χ3n) is 5.14. The largest absolute Gasteiger partial charge is 0.345 e. The Hall–Kier alpha value is -2.62. The lowest BCUT2D eigenvalue weighted by Crippen LogP contribution is -2.32. The molecule has 1 amide bonds. The first kappa shape index (κ1) is 16.8. The van der Waals surface area contributed by atoms with Gasteiger partial charge >= 0.3 is 0 Å². The number of fused-ring (bicyclic) bond motifs is 2. The van der Waals surface area contributed by atoms with Crippen molar-refractivity contribution in [2.45, 2.75) is 51.6 Å². The molecule has 0 fully saturated rings. The van der Waals surface area contributed by atoms with Crippen LogP contribution < -0.4 is 5.32 Å². The molecule has 4 rings (SSSR count). The van der Waals surface area contributed by atoms with Crippen molar-refractivity contribution in [1.29, 1.82) is 0 Å². The van der Waals surface area contributed by atoms with Crippen molar-refractivity contribution >= 4 is 16.7 Å². The first-order valence-corrected chi connectivity index (χ1v) is 9.30. The molecule has 0 aliphatic heterocycles. The minimum Gasteiger partial charge on any atom is -0.345 e. The van der Waals surface area contributed by atoms with Gasteiger partial charge < -0.3 is 5.32 Å². The summed E-state index contributed by atoms with van der Waals surface area (Å²) in [5.41, 5.74) is 3.09. The van der Waals surface area contributed by atoms with Gasteiger partial charge in [-0.1, -0.05) is 30.3 Å². The van der Waals surface area contributed by atoms with Crippen molar-refractivity contribution in [2.75, 3.05) is 0 Å². The summed E-state index contributed by atoms with van der Waals surface area (Å²) in [6.45, 7) is 6.49. The van der Waals surface area contributed by atoms with Crippen LogP contribution in [0.25, 0.3) is 10.8 Å². The van der Waals surface area contributed by atoms with Gasteiger partial charge in [0.2, 0.25) is 0 Å². The lowest BCUT2D eigenvalue weighted by atomic mass is 9.92. The van der Waals surface area contributed by atoms with E-state index in [1.807, 2.05) is 42.6 Å². The lowest BCUT2D eigenvalue weighted by Gasteiger charge is -2.28. The molecule has 1 aromatic heterocycles. The number of carbonyl (C=O) groups excluding carboxylic acids is 1. The summed E-state index contributed by atoms with van der Waals surface area (Å²) in [7, 11) is 0. The van der Waals surface area contributed by atoms with E-state index in [0.29, 0.717) is 5.56 Å². The highest BCUT2D eigenvalue weighted by molar-refractivity contribution is 5.98. The Kier molecular flexibility index (Phi) is 4.06. The molecule has 0 saturated carbocycles. The number of aromatic nitrogens is 2. The molecule has 0 radical (unpaired) electrons. The van der Waals surface area contributed by atoms with Crippen molar-refractivity contribution in [3.63, 3.8) is 0 Å². The Bertz CT molecular complexity index is 965. The Morgan fingerprint density at radius 2 is 1.92 bits per heavy atom. The Morgan fingerprint density at radius 1 is 1.15 bits per heavy atom. The quantitative estimate of drug-likeness (QED) is 0.736. The van der Waals surface area contributed by atoms with Crippen LogP contribution in [0.3, 0.4) is 0 Å². The molecule has 4 heteroatoms. The summed E-state index contributed by atoms with van der Waals surface area (Å²) in [4.78, 5) is 12.8. The second kappa shape index (κ2) is 6.27. The first-order valence-electron chi connectivity index (χ1n) is 9.30. The summed E-state index contributed by atoms with van der Waals surface area (Å²) in [6.07, 6.45) is 4.99. The third-order valence-corrected chi connectivity index (χ3v) is 5.14. The van der Waals surface area contributed by atoms with Gasteiger partial charge in [0.15, 0.2) is 0 Å². The van der Waals surface area contributed by atoms with Crippen molar-refractivity contribution in [3.05, 3.63) is 65.5 Å². The van der Waals surface area contributed by atoms with Gasteiger partial charge in [-0.15, -0.1) is 0 Å². The van der Waals surface area contributed by atoms with E-state index in [0.717, 1.165) is 30.0 Å². The second-order valence-electron chi connectivity index (χ2n) is 8.11. The molecular formula is C22H25N3O. The maximum atomic E-state index is 12.8. The molecule has 4 nitrogen and oxygen atoms in total. The average molecular weight is 347 g/mol. The molecule has 134 valence electrons. The van der Waals surface area contributed by atoms with Crippen LogP contribution in [0.15, 0.2) is 48.7 Å². The second-order valence-corrected chi connectivity index (χ2v) is 8.11. The lowest BCUT2D eigenvalue weighted by molar-refractivity contribution is 0.0932. The average Bonchev–Trinajstić information content (AvgIpc) is 3.07. The predicted octanol–water partition coefficient (Wildman–Crippen LogP) is 4.60. The highest BCUT2D eigenvalue weighted by atomic mass is 16.1. The van der Waals surface area contributed by atoms with Crippen molar-refractivity contribution in [2.24, 2.45) is 0 Å². The SMILES string of the molecule is CC(C)(C)n1ncc2c1CCC[C@@H]2NC(=O)c1ccc2ccccc2c1. The summed E-state index contributed by atoms with van der Waals surface area (Å²) >= 11 is 0. The minimum atomic E-state index is -0.0438. The molecule has 2 aromatic carbocycles. The van der Waals surface area contributed by atoms with Gasteiger partial charge in [-0.25, -0.2) is 0 Å². The van der Waals surface area contributed by atoms with Crippen LogP contribution in [0, 0.1) is 0 Å². The zero-order valence-electron chi connectivity index (χ0n) is 15.6. The van der Waals surface area contributed by atoms with E-state index in [-0.39, 0.29) is 17.5 Å². The van der Waals surface area contributed by atoms with Crippen LogP contribution in [0.4, 0.5) is 0 Å². The highest BCUT2D eigenvalue weighted by Crippen LogP contribution is 2.32. The van der Waals surface area contributed by atoms with Crippen molar-refractivity contribution in [1.82, 2.24) is 15.1 Å². The Balaban J connectivity index is 1.60. The van der Waals surface area contributed by atoms with Crippen LogP contribution in [0.5, 0.6) is 0 Å². The molecule has 1 heterocycles. The molecule has 1 aliphatic rings. The van der Waals surface area contributed by atoms with Crippen LogP contribution in [-0.4, -0.2) is 15.7 Å². The number of carbonyl (C=O) groups is 1. The van der Waals surface area contributed by atoms with E-state index >= 15 is 0 Å². The maximum Gasteiger partial charge on any atom is 0.251 e. The third kappa shape index (κ3) is 3.00. The fourth-order valence-electron chi connectivity index (χ4n) is 3.86. The number of hydrogen-bond acceptors (Lipinski definition) is 2. The van der Waals surface area contributed by atoms with Crippen LogP contribution in [-0.2, 0) is 12.0 Å². The molecule has 1 aliphatic carbocycles. The number of rotatable bonds is 2. The Labute approximate surface area is 154 Å². The fraction of sp³-hybridized carbons (Fsp3) is 0.364. The van der Waals surface area contributed by atoms with Gasteiger partial charge in [-0.2, -0.15) is 5.10 Å². The molecule has 0 saturated heterocycles. The van der Waals surface area contributed by atoms with Gasteiger partial charge in [-0.05, 0) is 62.9 Å². The zero-order chi connectivity index (χ0) is 18.3. The van der Waals surface area contributed by atoms with Crippen LogP contribution in [0.1, 0.15) is 61.3 Å². The standard InChI is InChI=1S/C22H25N3O/c1-22(2,3)25-20-10-6-9-19(18(20)14-23-25)24-21(26)17-12-11-15-7-4-5-8-16(15)13-17/h4-5,7-8,11-14,19H,6,9-10H2,1-3H3,(H,24,26)/t19-/m0/s1. The number of hydrogen-bond donors (Lipinski definition) is 1. The zero-order valence-corrected chi connectivity index (χ0v) is 15.6. The fourth-order valence-corrected chi connectivity index (χ4v) is 3.86. The van der Waals surface area contributed by atoms with Gasteiger partial charge in [-0.3, -0.25) is 9.48 Å². The Morgan fingerprint density at radius 3 is 2.69 bits per heavy atom. The molecule has 1 N–H and O–H groups in total.